The smallest absolute Gasteiger partial charge is 0.296 e. The Hall–Kier alpha value is -3.02. The molecular weight excluding hydrogens is 382 g/mol. The van der Waals surface area contributed by atoms with Crippen LogP contribution in [-0.4, -0.2) is 34.8 Å². The van der Waals surface area contributed by atoms with Gasteiger partial charge >= 0.3 is 0 Å². The zero-order valence-corrected chi connectivity index (χ0v) is 17.8. The summed E-state index contributed by atoms with van der Waals surface area (Å²) in [6.07, 6.45) is 3.72. The van der Waals surface area contributed by atoms with E-state index in [2.05, 4.69) is 0 Å². The second-order valence-corrected chi connectivity index (χ2v) is 8.26. The Morgan fingerprint density at radius 2 is 1.83 bits per heavy atom. The molecule has 0 spiro atoms. The molecule has 1 saturated carbocycles. The van der Waals surface area contributed by atoms with Gasteiger partial charge in [-0.15, -0.1) is 0 Å². The Balaban J connectivity index is 1.94. The van der Waals surface area contributed by atoms with Gasteiger partial charge in [-0.05, 0) is 62.9 Å². The number of hydrogen-bond acceptors (Lipinski definition) is 5. The molecule has 2 heterocycles. The lowest BCUT2D eigenvalue weighted by molar-refractivity contribution is -0.141. The van der Waals surface area contributed by atoms with Crippen molar-refractivity contribution in [2.75, 3.05) is 7.11 Å². The minimum Gasteiger partial charge on any atom is -0.507 e. The first-order chi connectivity index (χ1) is 14.3. The van der Waals surface area contributed by atoms with Crippen LogP contribution in [0.3, 0.4) is 0 Å². The molecule has 30 heavy (non-hydrogen) atoms. The Morgan fingerprint density at radius 1 is 1.13 bits per heavy atom. The van der Waals surface area contributed by atoms with Crippen molar-refractivity contribution in [2.24, 2.45) is 0 Å². The van der Waals surface area contributed by atoms with E-state index in [-0.39, 0.29) is 17.4 Å². The van der Waals surface area contributed by atoms with Crippen molar-refractivity contribution >= 4 is 17.4 Å². The van der Waals surface area contributed by atoms with Crippen LogP contribution in [0.4, 0.5) is 0 Å². The number of carbonyl (C=O) groups excluding carboxylic acids is 2. The summed E-state index contributed by atoms with van der Waals surface area (Å²) < 4.78 is 11.4. The van der Waals surface area contributed by atoms with Crippen LogP contribution in [0.5, 0.6) is 5.75 Å². The number of aliphatic hydroxyl groups excluding tert-OH is 1. The molecule has 1 aromatic carbocycles. The molecule has 1 unspecified atom stereocenters. The van der Waals surface area contributed by atoms with E-state index in [1.807, 2.05) is 32.9 Å². The van der Waals surface area contributed by atoms with E-state index in [1.165, 1.54) is 7.11 Å². The number of methoxy groups -OCH3 is 1. The number of Topliss-reactive ketones (excluding diaryl/α,β-unsaturated/α-hetero) is 1. The predicted octanol–water partition coefficient (Wildman–Crippen LogP) is 4.58. The van der Waals surface area contributed by atoms with Crippen LogP contribution < -0.4 is 4.74 Å². The van der Waals surface area contributed by atoms with E-state index in [0.29, 0.717) is 22.8 Å². The average molecular weight is 409 g/mol. The molecule has 1 atom stereocenters. The zero-order chi connectivity index (χ0) is 21.6. The van der Waals surface area contributed by atoms with Crippen LogP contribution >= 0.6 is 0 Å². The third-order valence-corrected chi connectivity index (χ3v) is 6.11. The Bertz CT molecular complexity index is 1040. The van der Waals surface area contributed by atoms with Crippen molar-refractivity contribution in [2.45, 2.75) is 58.5 Å². The monoisotopic (exact) mass is 409 g/mol. The minimum absolute atomic E-state index is 0.0386. The van der Waals surface area contributed by atoms with Gasteiger partial charge in [0.25, 0.3) is 11.7 Å². The van der Waals surface area contributed by atoms with Gasteiger partial charge in [-0.2, -0.15) is 0 Å². The first kappa shape index (κ1) is 20.3. The highest BCUT2D eigenvalue weighted by Gasteiger charge is 2.50. The number of likely N-dealkylation sites (tertiary alicyclic amines) is 1. The summed E-state index contributed by atoms with van der Waals surface area (Å²) in [5.74, 6) is 0.177. The van der Waals surface area contributed by atoms with Crippen molar-refractivity contribution < 1.29 is 23.8 Å². The maximum Gasteiger partial charge on any atom is 0.296 e. The molecule has 6 nitrogen and oxygen atoms in total. The molecule has 6 heteroatoms. The van der Waals surface area contributed by atoms with Gasteiger partial charge in [0.05, 0.1) is 18.2 Å². The number of ether oxygens (including phenoxy) is 1. The fourth-order valence-electron chi connectivity index (χ4n) is 4.84. The summed E-state index contributed by atoms with van der Waals surface area (Å²) in [6, 6.07) is 6.52. The second kappa shape index (κ2) is 7.67. The summed E-state index contributed by atoms with van der Waals surface area (Å²) in [7, 11) is 1.53. The van der Waals surface area contributed by atoms with E-state index in [9.17, 15) is 14.7 Å². The second-order valence-electron chi connectivity index (χ2n) is 8.26. The number of aliphatic hydroxyl groups is 1. The Labute approximate surface area is 176 Å². The molecule has 2 aromatic rings. The number of aryl methyl sites for hydroxylation is 3. The van der Waals surface area contributed by atoms with Gasteiger partial charge in [-0.25, -0.2) is 0 Å². The van der Waals surface area contributed by atoms with E-state index in [1.54, 1.807) is 17.0 Å². The van der Waals surface area contributed by atoms with Crippen LogP contribution in [0.1, 0.15) is 59.9 Å². The molecule has 1 aromatic heterocycles. The van der Waals surface area contributed by atoms with Gasteiger partial charge < -0.3 is 19.2 Å². The van der Waals surface area contributed by atoms with Crippen LogP contribution in [0.2, 0.25) is 0 Å². The maximum atomic E-state index is 13.2. The first-order valence-corrected chi connectivity index (χ1v) is 10.4. The molecule has 1 saturated heterocycles. The molecule has 1 aliphatic heterocycles. The normalized spacial score (nSPS) is 21.6. The molecule has 2 fully saturated rings. The van der Waals surface area contributed by atoms with Gasteiger partial charge in [-0.3, -0.25) is 9.59 Å². The number of ketones is 1. The number of benzene rings is 1. The topological polar surface area (TPSA) is 80.0 Å². The van der Waals surface area contributed by atoms with Crippen molar-refractivity contribution in [1.82, 2.24) is 4.90 Å². The van der Waals surface area contributed by atoms with Gasteiger partial charge in [0.15, 0.2) is 0 Å². The van der Waals surface area contributed by atoms with Gasteiger partial charge in [0.1, 0.15) is 29.1 Å². The number of rotatable bonds is 4. The number of carbonyl (C=O) groups is 2. The quantitative estimate of drug-likeness (QED) is 0.454. The summed E-state index contributed by atoms with van der Waals surface area (Å²) in [5, 5.41) is 11.3. The highest BCUT2D eigenvalue weighted by molar-refractivity contribution is 6.46. The fourth-order valence-corrected chi connectivity index (χ4v) is 4.84. The number of amides is 1. The lowest BCUT2D eigenvalue weighted by Crippen LogP contribution is -2.37. The van der Waals surface area contributed by atoms with Crippen molar-refractivity contribution in [3.05, 3.63) is 58.0 Å². The third-order valence-electron chi connectivity index (χ3n) is 6.11. The van der Waals surface area contributed by atoms with E-state index in [0.717, 1.165) is 36.8 Å². The maximum absolute atomic E-state index is 13.2. The Morgan fingerprint density at radius 3 is 2.43 bits per heavy atom. The average Bonchev–Trinajstić information content (AvgIpc) is 3.42. The van der Waals surface area contributed by atoms with E-state index in [4.69, 9.17) is 9.15 Å². The highest BCUT2D eigenvalue weighted by Crippen LogP contribution is 2.45. The van der Waals surface area contributed by atoms with Crippen LogP contribution in [0.15, 0.2) is 34.3 Å². The summed E-state index contributed by atoms with van der Waals surface area (Å²) >= 11 is 0. The molecule has 1 N–H and O–H groups in total. The van der Waals surface area contributed by atoms with Gasteiger partial charge in [0.2, 0.25) is 0 Å². The molecule has 1 aliphatic carbocycles. The first-order valence-electron chi connectivity index (χ1n) is 10.4. The molecule has 158 valence electrons. The van der Waals surface area contributed by atoms with Crippen LogP contribution in [0.25, 0.3) is 5.76 Å². The number of furan rings is 1. The summed E-state index contributed by atoms with van der Waals surface area (Å²) in [4.78, 5) is 27.9. The van der Waals surface area contributed by atoms with Gasteiger partial charge in [0, 0.05) is 6.04 Å². The SMILES string of the molecule is COc1c(C)cc(C)cc1/C(O)=C1\C(=O)C(=O)N(C2CCCC2)C1c1ccc(C)o1. The largest absolute Gasteiger partial charge is 0.507 e. The summed E-state index contributed by atoms with van der Waals surface area (Å²) in [5.41, 5.74) is 2.23. The van der Waals surface area contributed by atoms with Crippen molar-refractivity contribution in [1.29, 1.82) is 0 Å². The van der Waals surface area contributed by atoms with Crippen LogP contribution in [-0.2, 0) is 9.59 Å². The lowest BCUT2D eigenvalue weighted by Gasteiger charge is -2.29. The number of nitrogens with zero attached hydrogens (tertiary/aromatic N) is 1. The molecule has 0 bridgehead atoms. The standard InChI is InChI=1S/C24H27NO5/c1-13-11-14(2)23(29-4)17(12-13)21(26)19-20(18-10-9-15(3)30-18)25(24(28)22(19)27)16-7-5-6-8-16/h9-12,16,20,26H,5-8H2,1-4H3/b21-19+. The Kier molecular flexibility index (Phi) is 5.18. The van der Waals surface area contributed by atoms with Crippen LogP contribution in [0, 0.1) is 20.8 Å². The molecule has 4 rings (SSSR count). The van der Waals surface area contributed by atoms with E-state index >= 15 is 0 Å². The van der Waals surface area contributed by atoms with Gasteiger partial charge in [-0.1, -0.05) is 18.9 Å². The lowest BCUT2D eigenvalue weighted by atomic mass is 9.96. The highest BCUT2D eigenvalue weighted by atomic mass is 16.5. The minimum atomic E-state index is -0.743. The zero-order valence-electron chi connectivity index (χ0n) is 17.8. The predicted molar refractivity (Wildman–Crippen MR) is 112 cm³/mol. The summed E-state index contributed by atoms with van der Waals surface area (Å²) in [6.45, 7) is 5.61. The van der Waals surface area contributed by atoms with Crippen molar-refractivity contribution in [3.63, 3.8) is 0 Å². The van der Waals surface area contributed by atoms with Crippen molar-refractivity contribution in [3.8, 4) is 5.75 Å². The molecule has 0 radical (unpaired) electrons. The fraction of sp³-hybridized carbons (Fsp3) is 0.417. The third kappa shape index (κ3) is 3.20. The van der Waals surface area contributed by atoms with E-state index < -0.39 is 17.7 Å². The molecule has 2 aliphatic rings. The molecule has 1 amide bonds. The molecular formula is C24H27NO5. The number of hydrogen-bond donors (Lipinski definition) is 1.